The SMILES string of the molecule is C/C(=C\[C@H](C(C)C)N(C)C(=O)[C@@H](NC(=O)C1N(C)CSC1(C)C)C(C)(C)C)C(=O)O. The molecule has 2 amide bonds. The Hall–Kier alpha value is -1.54. The highest BCUT2D eigenvalue weighted by atomic mass is 32.2. The van der Waals surface area contributed by atoms with E-state index < -0.39 is 23.5 Å². The quantitative estimate of drug-likeness (QED) is 0.591. The fourth-order valence-corrected chi connectivity index (χ4v) is 4.90. The number of nitrogens with zero attached hydrogens (tertiary/aromatic N) is 2. The second-order valence-corrected chi connectivity index (χ2v) is 11.8. The van der Waals surface area contributed by atoms with Crippen LogP contribution in [0.4, 0.5) is 0 Å². The van der Waals surface area contributed by atoms with Crippen molar-refractivity contribution in [2.45, 2.75) is 78.3 Å². The molecule has 0 radical (unpaired) electrons. The Kier molecular flexibility index (Phi) is 8.59. The normalized spacial score (nSPS) is 22.0. The van der Waals surface area contributed by atoms with Gasteiger partial charge in [-0.15, -0.1) is 11.8 Å². The summed E-state index contributed by atoms with van der Waals surface area (Å²) in [5.41, 5.74) is -0.321. The number of amides is 2. The molecule has 8 heteroatoms. The zero-order valence-corrected chi connectivity index (χ0v) is 20.9. The molecule has 1 saturated heterocycles. The van der Waals surface area contributed by atoms with Gasteiger partial charge >= 0.3 is 5.97 Å². The molecule has 172 valence electrons. The van der Waals surface area contributed by atoms with Crippen molar-refractivity contribution >= 4 is 29.5 Å². The highest BCUT2D eigenvalue weighted by Crippen LogP contribution is 2.38. The lowest BCUT2D eigenvalue weighted by Gasteiger charge is -2.39. The largest absolute Gasteiger partial charge is 0.478 e. The third kappa shape index (κ3) is 6.23. The summed E-state index contributed by atoms with van der Waals surface area (Å²) in [4.78, 5) is 41.6. The van der Waals surface area contributed by atoms with E-state index >= 15 is 0 Å². The number of likely N-dealkylation sites (N-methyl/N-ethyl adjacent to an activating group) is 2. The predicted molar refractivity (Wildman–Crippen MR) is 122 cm³/mol. The number of carbonyl (C=O) groups is 3. The Morgan fingerprint density at radius 2 is 1.80 bits per heavy atom. The third-order valence-electron chi connectivity index (χ3n) is 5.62. The van der Waals surface area contributed by atoms with Crippen molar-refractivity contribution in [1.82, 2.24) is 15.1 Å². The second kappa shape index (κ2) is 9.73. The lowest BCUT2D eigenvalue weighted by molar-refractivity contribution is -0.141. The van der Waals surface area contributed by atoms with Crippen molar-refractivity contribution in [3.05, 3.63) is 11.6 Å². The van der Waals surface area contributed by atoms with Gasteiger partial charge in [0.05, 0.1) is 6.04 Å². The minimum Gasteiger partial charge on any atom is -0.478 e. The lowest BCUT2D eigenvalue weighted by atomic mass is 9.84. The maximum atomic E-state index is 13.5. The zero-order valence-electron chi connectivity index (χ0n) is 20.1. The number of hydrogen-bond donors (Lipinski definition) is 2. The molecule has 3 atom stereocenters. The van der Waals surface area contributed by atoms with Gasteiger partial charge in [-0.25, -0.2) is 4.79 Å². The molecule has 1 rings (SSSR count). The summed E-state index contributed by atoms with van der Waals surface area (Å²) in [6.45, 7) is 15.3. The maximum Gasteiger partial charge on any atom is 0.331 e. The van der Waals surface area contributed by atoms with E-state index in [1.54, 1.807) is 29.8 Å². The Morgan fingerprint density at radius 3 is 2.17 bits per heavy atom. The van der Waals surface area contributed by atoms with E-state index in [4.69, 9.17) is 0 Å². The van der Waals surface area contributed by atoms with Crippen LogP contribution in [-0.2, 0) is 14.4 Å². The van der Waals surface area contributed by atoms with Crippen LogP contribution < -0.4 is 5.32 Å². The van der Waals surface area contributed by atoms with Crippen molar-refractivity contribution in [3.63, 3.8) is 0 Å². The molecule has 0 aromatic carbocycles. The molecule has 2 N–H and O–H groups in total. The van der Waals surface area contributed by atoms with Gasteiger partial charge in [-0.2, -0.15) is 0 Å². The van der Waals surface area contributed by atoms with Crippen molar-refractivity contribution in [2.24, 2.45) is 11.3 Å². The molecule has 0 aromatic heterocycles. The van der Waals surface area contributed by atoms with Crippen LogP contribution in [0.5, 0.6) is 0 Å². The van der Waals surface area contributed by atoms with E-state index in [-0.39, 0.29) is 34.1 Å². The molecule has 0 bridgehead atoms. The average Bonchev–Trinajstić information content (AvgIpc) is 2.87. The summed E-state index contributed by atoms with van der Waals surface area (Å²) < 4.78 is -0.252. The van der Waals surface area contributed by atoms with Crippen LogP contribution in [0.2, 0.25) is 0 Å². The van der Waals surface area contributed by atoms with Gasteiger partial charge in [-0.05, 0) is 39.2 Å². The number of aliphatic carboxylic acids is 1. The standard InChI is InChI=1S/C22H39N3O4S/c1-13(2)15(11-14(3)20(28)29)25(10)19(27)16(21(4,5)6)23-18(26)17-22(7,8)30-12-24(17)9/h11,13,15-17H,12H2,1-10H3,(H,23,26)(H,28,29)/b14-11+/t15-,16-,17?/m1/s1. The van der Waals surface area contributed by atoms with Gasteiger partial charge in [0, 0.05) is 23.2 Å². The monoisotopic (exact) mass is 441 g/mol. The molecule has 1 heterocycles. The van der Waals surface area contributed by atoms with E-state index in [0.29, 0.717) is 0 Å². The summed E-state index contributed by atoms with van der Waals surface area (Å²) in [5.74, 6) is -0.622. The second-order valence-electron chi connectivity index (χ2n) is 10.2. The Labute approximate surface area is 185 Å². The van der Waals surface area contributed by atoms with Crippen LogP contribution in [0.3, 0.4) is 0 Å². The third-order valence-corrected chi connectivity index (χ3v) is 7.13. The summed E-state index contributed by atoms with van der Waals surface area (Å²) in [6, 6.07) is -1.46. The first-order chi connectivity index (χ1) is 13.5. The highest BCUT2D eigenvalue weighted by Gasteiger charge is 2.46. The first kappa shape index (κ1) is 26.5. The summed E-state index contributed by atoms with van der Waals surface area (Å²) in [6.07, 6.45) is 1.61. The highest BCUT2D eigenvalue weighted by molar-refractivity contribution is 8.00. The van der Waals surface area contributed by atoms with Gasteiger partial charge in [0.2, 0.25) is 11.8 Å². The van der Waals surface area contributed by atoms with E-state index in [1.807, 2.05) is 60.4 Å². The molecule has 30 heavy (non-hydrogen) atoms. The van der Waals surface area contributed by atoms with Gasteiger partial charge in [0.15, 0.2) is 0 Å². The molecular weight excluding hydrogens is 402 g/mol. The first-order valence-electron chi connectivity index (χ1n) is 10.3. The first-order valence-corrected chi connectivity index (χ1v) is 11.3. The summed E-state index contributed by atoms with van der Waals surface area (Å²) in [7, 11) is 3.59. The van der Waals surface area contributed by atoms with E-state index in [0.717, 1.165) is 5.88 Å². The van der Waals surface area contributed by atoms with Crippen LogP contribution >= 0.6 is 11.8 Å². The van der Waals surface area contributed by atoms with Crippen LogP contribution in [-0.4, -0.2) is 75.5 Å². The van der Waals surface area contributed by atoms with E-state index in [9.17, 15) is 19.5 Å². The number of rotatable bonds is 7. The van der Waals surface area contributed by atoms with Crippen LogP contribution in [0.15, 0.2) is 11.6 Å². The van der Waals surface area contributed by atoms with Gasteiger partial charge in [0.1, 0.15) is 12.1 Å². The number of carbonyl (C=O) groups excluding carboxylic acids is 2. The fraction of sp³-hybridized carbons (Fsp3) is 0.773. The smallest absolute Gasteiger partial charge is 0.331 e. The molecule has 0 aromatic rings. The predicted octanol–water partition coefficient (Wildman–Crippen LogP) is 2.81. The molecule has 1 fully saturated rings. The van der Waals surface area contributed by atoms with Crippen molar-refractivity contribution in [3.8, 4) is 0 Å². The number of nitrogens with one attached hydrogen (secondary N) is 1. The molecule has 7 nitrogen and oxygen atoms in total. The molecule has 0 aliphatic carbocycles. The Bertz CT molecular complexity index is 697. The number of carboxylic acids is 1. The topological polar surface area (TPSA) is 90.0 Å². The van der Waals surface area contributed by atoms with Crippen LogP contribution in [0, 0.1) is 11.3 Å². The number of hydrogen-bond acceptors (Lipinski definition) is 5. The molecule has 0 saturated carbocycles. The molecule has 1 aliphatic heterocycles. The maximum absolute atomic E-state index is 13.5. The lowest BCUT2D eigenvalue weighted by Crippen LogP contribution is -2.60. The summed E-state index contributed by atoms with van der Waals surface area (Å²) in [5, 5.41) is 12.3. The van der Waals surface area contributed by atoms with Crippen molar-refractivity contribution in [1.29, 1.82) is 0 Å². The Balaban J connectivity index is 3.19. The van der Waals surface area contributed by atoms with Crippen LogP contribution in [0.25, 0.3) is 0 Å². The van der Waals surface area contributed by atoms with E-state index in [2.05, 4.69) is 5.32 Å². The van der Waals surface area contributed by atoms with Crippen molar-refractivity contribution < 1.29 is 19.5 Å². The van der Waals surface area contributed by atoms with Gasteiger partial charge in [-0.1, -0.05) is 40.7 Å². The summed E-state index contributed by atoms with van der Waals surface area (Å²) >= 11 is 1.72. The van der Waals surface area contributed by atoms with Gasteiger partial charge in [0.25, 0.3) is 0 Å². The van der Waals surface area contributed by atoms with Crippen LogP contribution in [0.1, 0.15) is 55.4 Å². The minimum absolute atomic E-state index is 0.0147. The van der Waals surface area contributed by atoms with Gasteiger partial charge in [-0.3, -0.25) is 14.5 Å². The van der Waals surface area contributed by atoms with Gasteiger partial charge < -0.3 is 15.3 Å². The zero-order chi connectivity index (χ0) is 23.6. The van der Waals surface area contributed by atoms with E-state index in [1.165, 1.54) is 6.92 Å². The number of carboxylic acid groups (broad SMARTS) is 1. The Morgan fingerprint density at radius 1 is 1.27 bits per heavy atom. The minimum atomic E-state index is -1.01. The molecule has 0 spiro atoms. The van der Waals surface area contributed by atoms with Crippen molar-refractivity contribution in [2.75, 3.05) is 20.0 Å². The molecule has 1 aliphatic rings. The molecule has 1 unspecified atom stereocenters. The fourth-order valence-electron chi connectivity index (χ4n) is 3.77. The molecular formula is C22H39N3O4S. The number of thioether (sulfide) groups is 1. The average molecular weight is 442 g/mol.